The van der Waals surface area contributed by atoms with E-state index in [-0.39, 0.29) is 23.3 Å². The average molecular weight is 208 g/mol. The van der Waals surface area contributed by atoms with Crippen LogP contribution in [-0.4, -0.2) is 17.3 Å². The third-order valence-electron chi connectivity index (χ3n) is 3.53. The van der Waals surface area contributed by atoms with Crippen molar-refractivity contribution in [1.29, 1.82) is 0 Å². The first kappa shape index (κ1) is 10.5. The summed E-state index contributed by atoms with van der Waals surface area (Å²) >= 11 is 0. The van der Waals surface area contributed by atoms with Gasteiger partial charge in [0.05, 0.1) is 5.92 Å². The van der Waals surface area contributed by atoms with Crippen molar-refractivity contribution >= 4 is 17.3 Å². The highest BCUT2D eigenvalue weighted by Crippen LogP contribution is 2.33. The van der Waals surface area contributed by atoms with E-state index >= 15 is 0 Å². The maximum atomic E-state index is 11.7. The molecule has 82 valence electrons. The van der Waals surface area contributed by atoms with Crippen LogP contribution in [0.15, 0.2) is 0 Å². The van der Waals surface area contributed by atoms with Crippen LogP contribution in [0.25, 0.3) is 0 Å². The maximum absolute atomic E-state index is 11.7. The molecule has 0 aromatic heterocycles. The van der Waals surface area contributed by atoms with Crippen molar-refractivity contribution in [2.24, 2.45) is 11.8 Å². The molecule has 2 aliphatic rings. The fourth-order valence-electron chi connectivity index (χ4n) is 2.80. The Kier molecular flexibility index (Phi) is 2.98. The molecule has 3 heteroatoms. The van der Waals surface area contributed by atoms with E-state index in [1.807, 2.05) is 0 Å². The van der Waals surface area contributed by atoms with Crippen LogP contribution in [0.5, 0.6) is 0 Å². The second-order valence-corrected chi connectivity index (χ2v) is 4.66. The molecule has 2 fully saturated rings. The molecular formula is C12H16O3. The van der Waals surface area contributed by atoms with Gasteiger partial charge in [-0.15, -0.1) is 0 Å². The van der Waals surface area contributed by atoms with Crippen molar-refractivity contribution in [2.75, 3.05) is 0 Å². The molecule has 1 unspecified atom stereocenters. The van der Waals surface area contributed by atoms with Crippen LogP contribution in [-0.2, 0) is 14.4 Å². The molecule has 1 atom stereocenters. The molecule has 2 aliphatic carbocycles. The maximum Gasteiger partial charge on any atom is 0.143 e. The predicted octanol–water partition coefficient (Wildman–Crippen LogP) is 1.68. The van der Waals surface area contributed by atoms with Gasteiger partial charge in [0, 0.05) is 25.7 Å². The molecule has 0 bridgehead atoms. The lowest BCUT2D eigenvalue weighted by Crippen LogP contribution is -2.37. The molecule has 0 aromatic carbocycles. The molecule has 15 heavy (non-hydrogen) atoms. The van der Waals surface area contributed by atoms with Gasteiger partial charge in [0.15, 0.2) is 0 Å². The number of carbonyl (C=O) groups excluding carboxylic acids is 3. The van der Waals surface area contributed by atoms with E-state index in [1.165, 1.54) is 0 Å². The van der Waals surface area contributed by atoms with Crippen LogP contribution in [0.3, 0.4) is 0 Å². The second-order valence-electron chi connectivity index (χ2n) is 4.66. The Morgan fingerprint density at radius 2 is 1.53 bits per heavy atom. The predicted molar refractivity (Wildman–Crippen MR) is 54.3 cm³/mol. The van der Waals surface area contributed by atoms with E-state index in [4.69, 9.17) is 0 Å². The van der Waals surface area contributed by atoms with E-state index < -0.39 is 5.92 Å². The van der Waals surface area contributed by atoms with Crippen LogP contribution < -0.4 is 0 Å². The summed E-state index contributed by atoms with van der Waals surface area (Å²) in [6.45, 7) is 0. The van der Waals surface area contributed by atoms with E-state index in [2.05, 4.69) is 0 Å². The summed E-state index contributed by atoms with van der Waals surface area (Å²) in [5, 5.41) is 0. The molecule has 0 heterocycles. The van der Waals surface area contributed by atoms with Crippen LogP contribution in [0.1, 0.15) is 44.9 Å². The van der Waals surface area contributed by atoms with Crippen LogP contribution in [0.2, 0.25) is 0 Å². The fraction of sp³-hybridized carbons (Fsp3) is 0.750. The van der Waals surface area contributed by atoms with Gasteiger partial charge in [-0.25, -0.2) is 0 Å². The number of rotatable bonds is 1. The Hall–Kier alpha value is -0.990. The third kappa shape index (κ3) is 2.16. The summed E-state index contributed by atoms with van der Waals surface area (Å²) < 4.78 is 0. The largest absolute Gasteiger partial charge is 0.300 e. The van der Waals surface area contributed by atoms with Gasteiger partial charge in [0.25, 0.3) is 0 Å². The highest BCUT2D eigenvalue weighted by Gasteiger charge is 2.38. The number of hydrogen-bond donors (Lipinski definition) is 0. The Bertz CT molecular complexity index is 290. The Balaban J connectivity index is 2.09. The van der Waals surface area contributed by atoms with Gasteiger partial charge in [0.1, 0.15) is 17.3 Å². The van der Waals surface area contributed by atoms with E-state index in [1.54, 1.807) is 0 Å². The van der Waals surface area contributed by atoms with Crippen molar-refractivity contribution in [1.82, 2.24) is 0 Å². The Morgan fingerprint density at radius 1 is 0.867 bits per heavy atom. The normalized spacial score (nSPS) is 29.6. The second kappa shape index (κ2) is 4.25. The number of hydrogen-bond acceptors (Lipinski definition) is 3. The molecule has 0 N–H and O–H groups in total. The van der Waals surface area contributed by atoms with Gasteiger partial charge in [-0.1, -0.05) is 0 Å². The lowest BCUT2D eigenvalue weighted by Gasteiger charge is -2.29. The Morgan fingerprint density at radius 3 is 2.13 bits per heavy atom. The van der Waals surface area contributed by atoms with Crippen LogP contribution in [0.4, 0.5) is 0 Å². The minimum absolute atomic E-state index is 0.0200. The third-order valence-corrected chi connectivity index (χ3v) is 3.53. The van der Waals surface area contributed by atoms with Gasteiger partial charge in [-0.2, -0.15) is 0 Å². The molecule has 0 saturated heterocycles. The lowest BCUT2D eigenvalue weighted by atomic mass is 9.72. The van der Waals surface area contributed by atoms with Gasteiger partial charge < -0.3 is 0 Å². The monoisotopic (exact) mass is 208 g/mol. The first-order valence-corrected chi connectivity index (χ1v) is 5.75. The van der Waals surface area contributed by atoms with E-state index in [0.29, 0.717) is 32.1 Å². The summed E-state index contributed by atoms with van der Waals surface area (Å²) in [7, 11) is 0. The summed E-state index contributed by atoms with van der Waals surface area (Å²) in [6, 6.07) is 0. The molecule has 0 radical (unpaired) electrons. The van der Waals surface area contributed by atoms with Gasteiger partial charge in [-0.3, -0.25) is 14.4 Å². The summed E-state index contributed by atoms with van der Waals surface area (Å²) in [6.07, 6.45) is 4.55. The van der Waals surface area contributed by atoms with Crippen LogP contribution >= 0.6 is 0 Å². The van der Waals surface area contributed by atoms with Crippen molar-refractivity contribution < 1.29 is 14.4 Å². The average Bonchev–Trinajstić information content (AvgIpc) is 2.17. The van der Waals surface area contributed by atoms with Gasteiger partial charge >= 0.3 is 0 Å². The molecular weight excluding hydrogens is 192 g/mol. The summed E-state index contributed by atoms with van der Waals surface area (Å²) in [5.74, 6) is -0.0520. The van der Waals surface area contributed by atoms with Gasteiger partial charge in [-0.05, 0) is 25.2 Å². The number of carbonyl (C=O) groups is 3. The quantitative estimate of drug-likeness (QED) is 0.616. The van der Waals surface area contributed by atoms with Crippen LogP contribution in [0, 0.1) is 11.8 Å². The zero-order valence-electron chi connectivity index (χ0n) is 8.83. The zero-order valence-corrected chi connectivity index (χ0v) is 8.83. The van der Waals surface area contributed by atoms with Crippen molar-refractivity contribution in [3.05, 3.63) is 0 Å². The summed E-state index contributed by atoms with van der Waals surface area (Å²) in [5.41, 5.74) is 0. The SMILES string of the molecule is O=C1CCCC(C2C(=O)CCCC2=O)C1. The van der Waals surface area contributed by atoms with Crippen molar-refractivity contribution in [2.45, 2.75) is 44.9 Å². The first-order valence-electron chi connectivity index (χ1n) is 5.75. The molecule has 2 rings (SSSR count). The minimum Gasteiger partial charge on any atom is -0.300 e. The Labute approximate surface area is 89.2 Å². The molecule has 3 nitrogen and oxygen atoms in total. The summed E-state index contributed by atoms with van der Waals surface area (Å²) in [4.78, 5) is 34.7. The molecule has 0 aromatic rings. The molecule has 0 amide bonds. The van der Waals surface area contributed by atoms with Crippen molar-refractivity contribution in [3.8, 4) is 0 Å². The van der Waals surface area contributed by atoms with E-state index in [0.717, 1.165) is 12.8 Å². The van der Waals surface area contributed by atoms with Gasteiger partial charge in [0.2, 0.25) is 0 Å². The number of Topliss-reactive ketones (excluding diaryl/α,β-unsaturated/α-hetero) is 3. The smallest absolute Gasteiger partial charge is 0.143 e. The van der Waals surface area contributed by atoms with E-state index in [9.17, 15) is 14.4 Å². The molecule has 2 saturated carbocycles. The highest BCUT2D eigenvalue weighted by atomic mass is 16.2. The first-order chi connectivity index (χ1) is 7.18. The standard InChI is InChI=1S/C12H16O3/c13-9-4-1-3-8(7-9)12-10(14)5-2-6-11(12)15/h8,12H,1-7H2. The highest BCUT2D eigenvalue weighted by molar-refractivity contribution is 6.05. The minimum atomic E-state index is -0.442. The molecule has 0 aliphatic heterocycles. The number of ketones is 3. The zero-order chi connectivity index (χ0) is 10.8. The lowest BCUT2D eigenvalue weighted by molar-refractivity contribution is -0.139. The molecule has 0 spiro atoms. The topological polar surface area (TPSA) is 51.2 Å². The van der Waals surface area contributed by atoms with Crippen molar-refractivity contribution in [3.63, 3.8) is 0 Å². The fourth-order valence-corrected chi connectivity index (χ4v) is 2.80.